The highest BCUT2D eigenvalue weighted by molar-refractivity contribution is 6.30. The number of benzene rings is 1. The van der Waals surface area contributed by atoms with Crippen LogP contribution in [0.2, 0.25) is 5.02 Å². The van der Waals surface area contributed by atoms with Crippen molar-refractivity contribution in [3.8, 4) is 0 Å². The first-order valence-electron chi connectivity index (χ1n) is 8.70. The summed E-state index contributed by atoms with van der Waals surface area (Å²) in [5.74, 6) is 0.945. The minimum atomic E-state index is 0.130. The van der Waals surface area contributed by atoms with Crippen LogP contribution < -0.4 is 5.32 Å². The normalized spacial score (nSPS) is 21.2. The Kier molecular flexibility index (Phi) is 5.92. The molecule has 126 valence electrons. The first-order valence-corrected chi connectivity index (χ1v) is 9.08. The van der Waals surface area contributed by atoms with Crippen LogP contribution in [0.15, 0.2) is 24.3 Å². The Morgan fingerprint density at radius 2 is 1.83 bits per heavy atom. The van der Waals surface area contributed by atoms with Gasteiger partial charge in [0.2, 0.25) is 0 Å². The van der Waals surface area contributed by atoms with Crippen molar-refractivity contribution >= 4 is 17.5 Å². The number of hydrogen-bond acceptors (Lipinski definition) is 3. The number of rotatable bonds is 3. The van der Waals surface area contributed by atoms with Crippen LogP contribution in [0.3, 0.4) is 0 Å². The molecule has 0 spiro atoms. The Labute approximate surface area is 143 Å². The van der Waals surface area contributed by atoms with Crippen LogP contribution in [0.1, 0.15) is 29.6 Å². The van der Waals surface area contributed by atoms with E-state index >= 15 is 0 Å². The predicted octanol–water partition coefficient (Wildman–Crippen LogP) is 2.49. The highest BCUT2D eigenvalue weighted by Gasteiger charge is 2.22. The average Bonchev–Trinajstić information content (AvgIpc) is 2.81. The van der Waals surface area contributed by atoms with E-state index in [9.17, 15) is 4.79 Å². The van der Waals surface area contributed by atoms with Gasteiger partial charge in [0.25, 0.3) is 5.91 Å². The molecule has 4 nitrogen and oxygen atoms in total. The van der Waals surface area contributed by atoms with E-state index < -0.39 is 0 Å². The number of carbonyl (C=O) groups is 1. The Bertz CT molecular complexity index is 514. The van der Waals surface area contributed by atoms with Crippen molar-refractivity contribution in [1.82, 2.24) is 15.1 Å². The van der Waals surface area contributed by atoms with Gasteiger partial charge in [0.15, 0.2) is 0 Å². The van der Waals surface area contributed by atoms with Gasteiger partial charge in [-0.25, -0.2) is 0 Å². The molecule has 0 aromatic heterocycles. The summed E-state index contributed by atoms with van der Waals surface area (Å²) in [7, 11) is 0. The van der Waals surface area contributed by atoms with Crippen LogP contribution >= 0.6 is 11.6 Å². The molecule has 0 aliphatic carbocycles. The molecule has 5 heteroatoms. The maximum Gasteiger partial charge on any atom is 0.253 e. The zero-order chi connectivity index (χ0) is 16.1. The molecule has 0 saturated carbocycles. The molecule has 2 aliphatic rings. The summed E-state index contributed by atoms with van der Waals surface area (Å²) in [4.78, 5) is 17.2. The van der Waals surface area contributed by atoms with Crippen LogP contribution in [-0.4, -0.2) is 61.5 Å². The molecule has 1 amide bonds. The van der Waals surface area contributed by atoms with E-state index in [1.807, 2.05) is 17.0 Å². The van der Waals surface area contributed by atoms with Crippen LogP contribution in [-0.2, 0) is 0 Å². The number of carbonyl (C=O) groups excluding carboxylic acids is 1. The zero-order valence-corrected chi connectivity index (χ0v) is 14.4. The summed E-state index contributed by atoms with van der Waals surface area (Å²) in [5, 5.41) is 4.10. The molecule has 0 bridgehead atoms. The molecular weight excluding hydrogens is 310 g/mol. The van der Waals surface area contributed by atoms with Gasteiger partial charge in [-0.1, -0.05) is 11.6 Å². The third kappa shape index (κ3) is 4.69. The number of halogens is 1. The molecule has 2 saturated heterocycles. The zero-order valence-electron chi connectivity index (χ0n) is 13.6. The Morgan fingerprint density at radius 3 is 2.57 bits per heavy atom. The molecule has 1 aromatic rings. The fourth-order valence-corrected chi connectivity index (χ4v) is 3.69. The van der Waals surface area contributed by atoms with E-state index in [2.05, 4.69) is 10.2 Å². The second-order valence-corrected chi connectivity index (χ2v) is 7.08. The summed E-state index contributed by atoms with van der Waals surface area (Å²) < 4.78 is 0. The summed E-state index contributed by atoms with van der Waals surface area (Å²) in [6.45, 7) is 7.26. The van der Waals surface area contributed by atoms with E-state index in [-0.39, 0.29) is 5.91 Å². The maximum atomic E-state index is 12.6. The highest BCUT2D eigenvalue weighted by Crippen LogP contribution is 2.16. The van der Waals surface area contributed by atoms with Crippen molar-refractivity contribution in [1.29, 1.82) is 0 Å². The second kappa shape index (κ2) is 8.13. The molecule has 0 atom stereocenters. The molecule has 1 N–H and O–H groups in total. The van der Waals surface area contributed by atoms with Gasteiger partial charge >= 0.3 is 0 Å². The number of amides is 1. The largest absolute Gasteiger partial charge is 0.337 e. The minimum absolute atomic E-state index is 0.130. The molecule has 23 heavy (non-hydrogen) atoms. The molecular formula is C18H26ClN3O. The van der Waals surface area contributed by atoms with E-state index in [4.69, 9.17) is 11.6 Å². The number of hydrogen-bond donors (Lipinski definition) is 1. The van der Waals surface area contributed by atoms with Gasteiger partial charge in [-0.2, -0.15) is 0 Å². The molecule has 3 rings (SSSR count). The van der Waals surface area contributed by atoms with Crippen molar-refractivity contribution in [2.24, 2.45) is 5.92 Å². The van der Waals surface area contributed by atoms with E-state index in [1.54, 1.807) is 12.1 Å². The fourth-order valence-electron chi connectivity index (χ4n) is 3.56. The monoisotopic (exact) mass is 335 g/mol. The highest BCUT2D eigenvalue weighted by atomic mass is 35.5. The lowest BCUT2D eigenvalue weighted by molar-refractivity contribution is 0.0760. The molecule has 2 fully saturated rings. The quantitative estimate of drug-likeness (QED) is 0.921. The molecule has 0 unspecified atom stereocenters. The van der Waals surface area contributed by atoms with Crippen molar-refractivity contribution < 1.29 is 4.79 Å². The van der Waals surface area contributed by atoms with E-state index in [0.717, 1.165) is 57.2 Å². The fraction of sp³-hybridized carbons (Fsp3) is 0.611. The average molecular weight is 336 g/mol. The first kappa shape index (κ1) is 16.7. The van der Waals surface area contributed by atoms with Gasteiger partial charge in [0.1, 0.15) is 0 Å². The first-order chi connectivity index (χ1) is 11.2. The van der Waals surface area contributed by atoms with Gasteiger partial charge in [-0.15, -0.1) is 0 Å². The van der Waals surface area contributed by atoms with Crippen molar-refractivity contribution in [3.63, 3.8) is 0 Å². The molecule has 0 radical (unpaired) electrons. The van der Waals surface area contributed by atoms with Gasteiger partial charge in [-0.3, -0.25) is 4.79 Å². The smallest absolute Gasteiger partial charge is 0.253 e. The molecule has 2 aliphatic heterocycles. The SMILES string of the molecule is O=C(c1ccc(Cl)cc1)N1CCCN(CC2CCNCC2)CC1. The third-order valence-electron chi connectivity index (χ3n) is 4.94. The minimum Gasteiger partial charge on any atom is -0.337 e. The topological polar surface area (TPSA) is 35.6 Å². The lowest BCUT2D eigenvalue weighted by Crippen LogP contribution is -2.39. The third-order valence-corrected chi connectivity index (χ3v) is 5.19. The maximum absolute atomic E-state index is 12.6. The number of piperidine rings is 1. The predicted molar refractivity (Wildman–Crippen MR) is 94.0 cm³/mol. The van der Waals surface area contributed by atoms with Crippen molar-refractivity contribution in [2.75, 3.05) is 45.8 Å². The summed E-state index contributed by atoms with van der Waals surface area (Å²) in [5.41, 5.74) is 0.737. The van der Waals surface area contributed by atoms with Crippen LogP contribution in [0.5, 0.6) is 0 Å². The van der Waals surface area contributed by atoms with Gasteiger partial charge in [0, 0.05) is 36.8 Å². The Balaban J connectivity index is 1.53. The van der Waals surface area contributed by atoms with Gasteiger partial charge < -0.3 is 15.1 Å². The standard InChI is InChI=1S/C18H26ClN3O/c19-17-4-2-16(3-5-17)18(23)22-11-1-10-21(12-13-22)14-15-6-8-20-9-7-15/h2-5,15,20H,1,6-14H2. The Morgan fingerprint density at radius 1 is 1.09 bits per heavy atom. The molecule has 1 aromatic carbocycles. The summed E-state index contributed by atoms with van der Waals surface area (Å²) in [6, 6.07) is 7.22. The number of nitrogens with zero attached hydrogens (tertiary/aromatic N) is 2. The van der Waals surface area contributed by atoms with Crippen LogP contribution in [0.4, 0.5) is 0 Å². The van der Waals surface area contributed by atoms with Crippen LogP contribution in [0.25, 0.3) is 0 Å². The van der Waals surface area contributed by atoms with Crippen LogP contribution in [0, 0.1) is 5.92 Å². The van der Waals surface area contributed by atoms with Crippen molar-refractivity contribution in [2.45, 2.75) is 19.3 Å². The van der Waals surface area contributed by atoms with Crippen molar-refractivity contribution in [3.05, 3.63) is 34.9 Å². The van der Waals surface area contributed by atoms with Gasteiger partial charge in [-0.05, 0) is 69.1 Å². The Hall–Kier alpha value is -1.10. The van der Waals surface area contributed by atoms with Gasteiger partial charge in [0.05, 0.1) is 0 Å². The lowest BCUT2D eigenvalue weighted by Gasteiger charge is -2.29. The lowest BCUT2D eigenvalue weighted by atomic mass is 9.97. The summed E-state index contributed by atoms with van der Waals surface area (Å²) >= 11 is 5.90. The number of nitrogens with one attached hydrogen (secondary N) is 1. The van der Waals surface area contributed by atoms with E-state index in [1.165, 1.54) is 19.4 Å². The second-order valence-electron chi connectivity index (χ2n) is 6.65. The molecule has 2 heterocycles. The summed E-state index contributed by atoms with van der Waals surface area (Å²) in [6.07, 6.45) is 3.62. The van der Waals surface area contributed by atoms with E-state index in [0.29, 0.717) is 5.02 Å².